The Bertz CT molecular complexity index is 1920. The quantitative estimate of drug-likeness (QED) is 0.133. The van der Waals surface area contributed by atoms with Gasteiger partial charge in [-0.15, -0.1) is 0 Å². The second kappa shape index (κ2) is 14.0. The molecule has 0 aliphatic carbocycles. The molecule has 0 saturated carbocycles. The summed E-state index contributed by atoms with van der Waals surface area (Å²) in [5.74, 6) is 0.747. The van der Waals surface area contributed by atoms with Crippen LogP contribution in [0, 0.1) is 6.92 Å². The first-order chi connectivity index (χ1) is 21.8. The highest BCUT2D eigenvalue weighted by atomic mass is 32.2. The maximum atomic E-state index is 13.7. The summed E-state index contributed by atoms with van der Waals surface area (Å²) in [6.45, 7) is 1.74. The Kier molecular flexibility index (Phi) is 9.64. The Balaban J connectivity index is 1.25. The number of hydrogen-bond donors (Lipinski definition) is 1. The summed E-state index contributed by atoms with van der Waals surface area (Å²) in [6.07, 6.45) is 1.47. The molecule has 5 rings (SSSR count). The van der Waals surface area contributed by atoms with Gasteiger partial charge in [-0.05, 0) is 83.4 Å². The normalized spacial score (nSPS) is 11.4. The van der Waals surface area contributed by atoms with Crippen LogP contribution < -0.4 is 23.9 Å². The Labute approximate surface area is 262 Å². The molecule has 0 radical (unpaired) electrons. The number of rotatable bonds is 12. The molecule has 0 aromatic heterocycles. The minimum atomic E-state index is -4.15. The molecule has 45 heavy (non-hydrogen) atoms. The van der Waals surface area contributed by atoms with Crippen LogP contribution in [0.25, 0.3) is 10.8 Å². The highest BCUT2D eigenvalue weighted by Crippen LogP contribution is 2.35. The van der Waals surface area contributed by atoms with Gasteiger partial charge in [-0.3, -0.25) is 9.10 Å². The number of nitrogens with one attached hydrogen (secondary N) is 1. The molecule has 230 valence electrons. The molecule has 0 aliphatic rings. The van der Waals surface area contributed by atoms with Crippen LogP contribution in [0.3, 0.4) is 0 Å². The van der Waals surface area contributed by atoms with Gasteiger partial charge in [0, 0.05) is 6.07 Å². The van der Waals surface area contributed by atoms with Crippen molar-refractivity contribution in [2.75, 3.05) is 25.1 Å². The van der Waals surface area contributed by atoms with E-state index in [1.807, 2.05) is 49.4 Å². The molecule has 0 atom stereocenters. The topological polar surface area (TPSA) is 107 Å². The van der Waals surface area contributed by atoms with Crippen LogP contribution in [-0.2, 0) is 21.4 Å². The first-order valence-corrected chi connectivity index (χ1v) is 15.5. The summed E-state index contributed by atoms with van der Waals surface area (Å²) in [7, 11) is -1.24. The van der Waals surface area contributed by atoms with Gasteiger partial charge in [-0.2, -0.15) is 5.10 Å². The highest BCUT2D eigenvalue weighted by molar-refractivity contribution is 7.92. The zero-order valence-corrected chi connectivity index (χ0v) is 26.0. The monoisotopic (exact) mass is 623 g/mol. The van der Waals surface area contributed by atoms with Crippen molar-refractivity contribution in [1.82, 2.24) is 5.43 Å². The number of aryl methyl sites for hydroxylation is 1. The lowest BCUT2D eigenvalue weighted by Gasteiger charge is -2.25. The van der Waals surface area contributed by atoms with E-state index < -0.39 is 22.5 Å². The Morgan fingerprint density at radius 3 is 2.24 bits per heavy atom. The molecule has 1 amide bonds. The van der Waals surface area contributed by atoms with E-state index in [2.05, 4.69) is 34.8 Å². The van der Waals surface area contributed by atoms with Crippen molar-refractivity contribution in [3.05, 3.63) is 126 Å². The van der Waals surface area contributed by atoms with Crippen molar-refractivity contribution in [3.63, 3.8) is 0 Å². The van der Waals surface area contributed by atoms with Gasteiger partial charge in [0.1, 0.15) is 30.4 Å². The molecule has 0 aliphatic heterocycles. The fourth-order valence-electron chi connectivity index (χ4n) is 4.62. The molecule has 1 N–H and O–H groups in total. The van der Waals surface area contributed by atoms with E-state index in [1.54, 1.807) is 24.3 Å². The van der Waals surface area contributed by atoms with Crippen molar-refractivity contribution >= 4 is 38.6 Å². The third kappa shape index (κ3) is 7.60. The number of anilines is 1. The van der Waals surface area contributed by atoms with E-state index >= 15 is 0 Å². The Hall–Kier alpha value is -5.35. The molecule has 0 spiro atoms. The Morgan fingerprint density at radius 1 is 0.822 bits per heavy atom. The smallest absolute Gasteiger partial charge is 0.264 e. The van der Waals surface area contributed by atoms with Crippen LogP contribution in [0.2, 0.25) is 0 Å². The number of benzene rings is 5. The van der Waals surface area contributed by atoms with Crippen molar-refractivity contribution in [1.29, 1.82) is 0 Å². The summed E-state index contributed by atoms with van der Waals surface area (Å²) in [5.41, 5.74) is 5.29. The number of amides is 1. The van der Waals surface area contributed by atoms with Crippen molar-refractivity contribution < 1.29 is 27.4 Å². The minimum absolute atomic E-state index is 0.0326. The molecule has 0 bridgehead atoms. The molecule has 0 fully saturated rings. The predicted molar refractivity (Wildman–Crippen MR) is 176 cm³/mol. The predicted octanol–water partition coefficient (Wildman–Crippen LogP) is 6.09. The number of ether oxygens (including phenoxy) is 3. The number of carbonyl (C=O) groups is 1. The van der Waals surface area contributed by atoms with E-state index in [0.29, 0.717) is 23.7 Å². The average molecular weight is 624 g/mol. The van der Waals surface area contributed by atoms with Gasteiger partial charge in [0.05, 0.1) is 31.0 Å². The van der Waals surface area contributed by atoms with Gasteiger partial charge >= 0.3 is 0 Å². The summed E-state index contributed by atoms with van der Waals surface area (Å²) < 4.78 is 45.1. The van der Waals surface area contributed by atoms with Gasteiger partial charge in [0.2, 0.25) is 0 Å². The summed E-state index contributed by atoms with van der Waals surface area (Å²) >= 11 is 0. The molecule has 5 aromatic rings. The summed E-state index contributed by atoms with van der Waals surface area (Å²) in [6, 6.07) is 32.7. The van der Waals surface area contributed by atoms with E-state index in [0.717, 1.165) is 20.8 Å². The van der Waals surface area contributed by atoms with Crippen LogP contribution in [0.15, 0.2) is 119 Å². The fourth-order valence-corrected chi connectivity index (χ4v) is 6.05. The number of carbonyl (C=O) groups excluding carboxylic acids is 1. The fraction of sp³-hybridized carbons (Fsp3) is 0.143. The van der Waals surface area contributed by atoms with Crippen LogP contribution in [0.1, 0.15) is 16.7 Å². The highest BCUT2D eigenvalue weighted by Gasteiger charge is 2.29. The molecule has 9 nitrogen and oxygen atoms in total. The van der Waals surface area contributed by atoms with Crippen LogP contribution >= 0.6 is 0 Å². The molecular weight excluding hydrogens is 590 g/mol. The molecule has 5 aromatic carbocycles. The van der Waals surface area contributed by atoms with E-state index in [-0.39, 0.29) is 16.3 Å². The number of methoxy groups -OCH3 is 2. The SMILES string of the molecule is COc1ccc(N(CC(=O)N/N=C\c2ccc(OCc3ccc4ccccc4c3)cc2)S(=O)(=O)c2ccc(C)cc2)c(OC)c1. The number of sulfonamides is 1. The summed E-state index contributed by atoms with van der Waals surface area (Å²) in [4.78, 5) is 13.0. The largest absolute Gasteiger partial charge is 0.497 e. The lowest BCUT2D eigenvalue weighted by molar-refractivity contribution is -0.119. The van der Waals surface area contributed by atoms with Gasteiger partial charge in [-0.1, -0.05) is 54.1 Å². The van der Waals surface area contributed by atoms with E-state index in [1.165, 1.54) is 44.0 Å². The first-order valence-electron chi connectivity index (χ1n) is 14.1. The maximum Gasteiger partial charge on any atom is 0.264 e. The minimum Gasteiger partial charge on any atom is -0.497 e. The average Bonchev–Trinajstić information content (AvgIpc) is 3.06. The second-order valence-corrected chi connectivity index (χ2v) is 12.1. The number of hydrazone groups is 1. The number of fused-ring (bicyclic) bond motifs is 1. The van der Waals surface area contributed by atoms with Gasteiger partial charge in [0.25, 0.3) is 15.9 Å². The molecular formula is C35H33N3O6S. The van der Waals surface area contributed by atoms with Gasteiger partial charge < -0.3 is 14.2 Å². The standard InChI is InChI=1S/C35H33N3O6S/c1-25-8-17-32(18-9-25)45(40,41)38(33-19-16-31(42-2)21-34(33)43-3)23-35(39)37-36-22-26-11-14-30(15-12-26)44-24-27-10-13-28-6-4-5-7-29(28)20-27/h4-22H,23-24H2,1-3H3,(H,37,39)/b36-22-. The zero-order valence-electron chi connectivity index (χ0n) is 25.1. The third-order valence-electron chi connectivity index (χ3n) is 7.05. The third-order valence-corrected chi connectivity index (χ3v) is 8.83. The van der Waals surface area contributed by atoms with Gasteiger partial charge in [0.15, 0.2) is 0 Å². The first kappa shape index (κ1) is 31.1. The van der Waals surface area contributed by atoms with Crippen LogP contribution in [0.4, 0.5) is 5.69 Å². The van der Waals surface area contributed by atoms with Crippen molar-refractivity contribution in [3.8, 4) is 17.2 Å². The lowest BCUT2D eigenvalue weighted by atomic mass is 10.1. The maximum absolute atomic E-state index is 13.7. The van der Waals surface area contributed by atoms with Crippen molar-refractivity contribution in [2.24, 2.45) is 5.10 Å². The lowest BCUT2D eigenvalue weighted by Crippen LogP contribution is -2.39. The van der Waals surface area contributed by atoms with Crippen LogP contribution in [0.5, 0.6) is 17.2 Å². The van der Waals surface area contributed by atoms with Crippen LogP contribution in [-0.4, -0.2) is 41.3 Å². The van der Waals surface area contributed by atoms with E-state index in [4.69, 9.17) is 14.2 Å². The number of hydrogen-bond acceptors (Lipinski definition) is 7. The van der Waals surface area contributed by atoms with E-state index in [9.17, 15) is 13.2 Å². The molecule has 0 saturated heterocycles. The second-order valence-electron chi connectivity index (χ2n) is 10.2. The van der Waals surface area contributed by atoms with Crippen molar-refractivity contribution in [2.45, 2.75) is 18.4 Å². The molecule has 10 heteroatoms. The molecule has 0 unspecified atom stereocenters. The Morgan fingerprint density at radius 2 is 1.53 bits per heavy atom. The zero-order chi connectivity index (χ0) is 31.8. The number of nitrogens with zero attached hydrogens (tertiary/aromatic N) is 2. The summed E-state index contributed by atoms with van der Waals surface area (Å²) in [5, 5.41) is 6.38. The molecule has 0 heterocycles. The van der Waals surface area contributed by atoms with Gasteiger partial charge in [-0.25, -0.2) is 13.8 Å².